The summed E-state index contributed by atoms with van der Waals surface area (Å²) in [6.07, 6.45) is -5.53. The van der Waals surface area contributed by atoms with Gasteiger partial charge in [0.25, 0.3) is 0 Å². The van der Waals surface area contributed by atoms with Crippen molar-refractivity contribution in [2.24, 2.45) is 0 Å². The van der Waals surface area contributed by atoms with Crippen molar-refractivity contribution in [3.8, 4) is 0 Å². The van der Waals surface area contributed by atoms with E-state index in [1.165, 1.54) is 7.11 Å². The summed E-state index contributed by atoms with van der Waals surface area (Å²) in [4.78, 5) is 10.1. The maximum atomic E-state index is 10.1. The standard InChI is InChI=1S/C7H14O6/c1-13-7(5(11)3-9)6(12)4(10)2-8/h3-8,10-12H,2H2,1H3/t4-,5+,6-,7+/m1/s1. The van der Waals surface area contributed by atoms with E-state index in [4.69, 9.17) is 15.3 Å². The molecule has 0 unspecified atom stereocenters. The Kier molecular flexibility index (Phi) is 5.76. The van der Waals surface area contributed by atoms with Gasteiger partial charge in [-0.15, -0.1) is 0 Å². The number of aliphatic hydroxyl groups is 4. The van der Waals surface area contributed by atoms with Gasteiger partial charge in [0.1, 0.15) is 24.4 Å². The summed E-state index contributed by atoms with van der Waals surface area (Å²) < 4.78 is 4.59. The molecule has 0 fully saturated rings. The van der Waals surface area contributed by atoms with Crippen LogP contribution in [0, 0.1) is 0 Å². The lowest BCUT2D eigenvalue weighted by atomic mass is 10.0. The highest BCUT2D eigenvalue weighted by Gasteiger charge is 2.31. The quantitative estimate of drug-likeness (QED) is 0.342. The molecular formula is C7H14O6. The lowest BCUT2D eigenvalue weighted by Crippen LogP contribution is -2.47. The molecule has 0 amide bonds. The topological polar surface area (TPSA) is 107 Å². The fourth-order valence-electron chi connectivity index (χ4n) is 0.885. The van der Waals surface area contributed by atoms with Gasteiger partial charge in [-0.2, -0.15) is 0 Å². The molecule has 0 saturated carbocycles. The molecule has 78 valence electrons. The number of aliphatic hydroxyl groups excluding tert-OH is 4. The lowest BCUT2D eigenvalue weighted by molar-refractivity contribution is -0.143. The largest absolute Gasteiger partial charge is 0.394 e. The zero-order chi connectivity index (χ0) is 10.4. The van der Waals surface area contributed by atoms with Crippen LogP contribution in [0.2, 0.25) is 0 Å². The van der Waals surface area contributed by atoms with Crippen molar-refractivity contribution in [1.29, 1.82) is 0 Å². The first-order valence-corrected chi connectivity index (χ1v) is 3.71. The Morgan fingerprint density at radius 3 is 2.23 bits per heavy atom. The smallest absolute Gasteiger partial charge is 0.151 e. The summed E-state index contributed by atoms with van der Waals surface area (Å²) in [5, 5.41) is 35.6. The first-order valence-electron chi connectivity index (χ1n) is 3.71. The van der Waals surface area contributed by atoms with Crippen LogP contribution in [0.25, 0.3) is 0 Å². The Balaban J connectivity index is 4.29. The van der Waals surface area contributed by atoms with Crippen LogP contribution < -0.4 is 0 Å². The van der Waals surface area contributed by atoms with Gasteiger partial charge in [-0.3, -0.25) is 0 Å². The van der Waals surface area contributed by atoms with Crippen LogP contribution in [0.1, 0.15) is 0 Å². The molecule has 0 aromatic carbocycles. The number of hydrogen-bond donors (Lipinski definition) is 4. The molecule has 13 heavy (non-hydrogen) atoms. The van der Waals surface area contributed by atoms with Crippen molar-refractivity contribution in [3.05, 3.63) is 0 Å². The van der Waals surface area contributed by atoms with Gasteiger partial charge in [0, 0.05) is 7.11 Å². The normalized spacial score (nSPS) is 20.4. The van der Waals surface area contributed by atoms with E-state index in [0.29, 0.717) is 0 Å². The second-order valence-electron chi connectivity index (χ2n) is 2.57. The van der Waals surface area contributed by atoms with E-state index in [1.54, 1.807) is 0 Å². The summed E-state index contributed by atoms with van der Waals surface area (Å²) in [5.41, 5.74) is 0. The number of rotatable bonds is 6. The van der Waals surface area contributed by atoms with Gasteiger partial charge in [-0.25, -0.2) is 0 Å². The molecule has 0 aliphatic carbocycles. The third-order valence-electron chi connectivity index (χ3n) is 1.67. The molecule has 0 spiro atoms. The number of carbonyl (C=O) groups excluding carboxylic acids is 1. The minimum Gasteiger partial charge on any atom is -0.394 e. The van der Waals surface area contributed by atoms with Crippen LogP contribution >= 0.6 is 0 Å². The van der Waals surface area contributed by atoms with Gasteiger partial charge >= 0.3 is 0 Å². The Bertz CT molecular complexity index is 150. The Morgan fingerprint density at radius 2 is 1.92 bits per heavy atom. The monoisotopic (exact) mass is 194 g/mol. The average Bonchev–Trinajstić information content (AvgIpc) is 2.17. The Labute approximate surface area is 75.4 Å². The second-order valence-corrected chi connectivity index (χ2v) is 2.57. The van der Waals surface area contributed by atoms with E-state index in [1.807, 2.05) is 0 Å². The van der Waals surface area contributed by atoms with Crippen molar-refractivity contribution in [2.45, 2.75) is 24.4 Å². The molecule has 0 aliphatic rings. The predicted molar refractivity (Wildman–Crippen MR) is 42.0 cm³/mol. The van der Waals surface area contributed by atoms with Crippen LogP contribution in [0.15, 0.2) is 0 Å². The third-order valence-corrected chi connectivity index (χ3v) is 1.67. The maximum absolute atomic E-state index is 10.1. The zero-order valence-electron chi connectivity index (χ0n) is 7.20. The highest BCUT2D eigenvalue weighted by atomic mass is 16.5. The highest BCUT2D eigenvalue weighted by molar-refractivity contribution is 5.56. The summed E-state index contributed by atoms with van der Waals surface area (Å²) in [6.45, 7) is -0.674. The molecule has 6 heteroatoms. The molecule has 0 aromatic rings. The average molecular weight is 194 g/mol. The first kappa shape index (κ1) is 12.5. The van der Waals surface area contributed by atoms with Crippen LogP contribution in [0.5, 0.6) is 0 Å². The molecule has 0 rings (SSSR count). The van der Waals surface area contributed by atoms with Gasteiger partial charge < -0.3 is 30.0 Å². The molecule has 0 bridgehead atoms. The van der Waals surface area contributed by atoms with Gasteiger partial charge in [0.15, 0.2) is 6.29 Å². The molecule has 0 saturated heterocycles. The minimum absolute atomic E-state index is 0.182. The van der Waals surface area contributed by atoms with E-state index in [2.05, 4.69) is 4.74 Å². The summed E-state index contributed by atoms with van der Waals surface area (Å²) in [6, 6.07) is 0. The van der Waals surface area contributed by atoms with Crippen molar-refractivity contribution in [1.82, 2.24) is 0 Å². The number of aldehydes is 1. The molecule has 0 radical (unpaired) electrons. The highest BCUT2D eigenvalue weighted by Crippen LogP contribution is 2.07. The molecule has 6 nitrogen and oxygen atoms in total. The SMILES string of the molecule is CO[C@H]([C@H](O)[C@H](O)CO)[C@@H](O)C=O. The fourth-order valence-corrected chi connectivity index (χ4v) is 0.885. The third kappa shape index (κ3) is 3.37. The summed E-state index contributed by atoms with van der Waals surface area (Å²) in [7, 11) is 1.17. The van der Waals surface area contributed by atoms with Crippen LogP contribution in [-0.4, -0.2) is 64.8 Å². The lowest BCUT2D eigenvalue weighted by Gasteiger charge is -2.25. The summed E-state index contributed by atoms with van der Waals surface area (Å²) in [5.74, 6) is 0. The molecule has 4 N–H and O–H groups in total. The van der Waals surface area contributed by atoms with Crippen LogP contribution in [0.4, 0.5) is 0 Å². The van der Waals surface area contributed by atoms with E-state index < -0.39 is 31.0 Å². The predicted octanol–water partition coefficient (Wildman–Crippen LogP) is -2.72. The zero-order valence-corrected chi connectivity index (χ0v) is 7.20. The maximum Gasteiger partial charge on any atom is 0.151 e. The van der Waals surface area contributed by atoms with Crippen molar-refractivity contribution in [3.63, 3.8) is 0 Å². The number of hydrogen-bond acceptors (Lipinski definition) is 6. The number of carbonyl (C=O) groups is 1. The van der Waals surface area contributed by atoms with E-state index in [0.717, 1.165) is 0 Å². The minimum atomic E-state index is -1.53. The molecule has 0 heterocycles. The summed E-state index contributed by atoms with van der Waals surface area (Å²) >= 11 is 0. The van der Waals surface area contributed by atoms with Crippen LogP contribution in [0.3, 0.4) is 0 Å². The van der Waals surface area contributed by atoms with E-state index >= 15 is 0 Å². The Hall–Kier alpha value is -0.530. The fraction of sp³-hybridized carbons (Fsp3) is 0.857. The number of methoxy groups -OCH3 is 1. The van der Waals surface area contributed by atoms with Gasteiger partial charge in [0.05, 0.1) is 6.61 Å². The van der Waals surface area contributed by atoms with E-state index in [-0.39, 0.29) is 6.29 Å². The first-order chi connectivity index (χ1) is 6.08. The van der Waals surface area contributed by atoms with Crippen molar-refractivity contribution in [2.75, 3.05) is 13.7 Å². The molecular weight excluding hydrogens is 180 g/mol. The molecule has 0 aliphatic heterocycles. The van der Waals surface area contributed by atoms with Crippen molar-refractivity contribution >= 4 is 6.29 Å². The van der Waals surface area contributed by atoms with Crippen LogP contribution in [-0.2, 0) is 9.53 Å². The van der Waals surface area contributed by atoms with Gasteiger partial charge in [-0.05, 0) is 0 Å². The number of ether oxygens (including phenoxy) is 1. The van der Waals surface area contributed by atoms with Crippen molar-refractivity contribution < 1.29 is 30.0 Å². The molecule has 0 aromatic heterocycles. The molecule has 4 atom stereocenters. The van der Waals surface area contributed by atoms with E-state index in [9.17, 15) is 9.90 Å². The van der Waals surface area contributed by atoms with Gasteiger partial charge in [0.2, 0.25) is 0 Å². The van der Waals surface area contributed by atoms with Gasteiger partial charge in [-0.1, -0.05) is 0 Å². The second kappa shape index (κ2) is 6.01. The Morgan fingerprint density at radius 1 is 1.38 bits per heavy atom.